The Morgan fingerprint density at radius 1 is 1.25 bits per heavy atom. The van der Waals surface area contributed by atoms with Crippen molar-refractivity contribution >= 4 is 11.5 Å². The van der Waals surface area contributed by atoms with Crippen LogP contribution in [0.2, 0.25) is 0 Å². The molecule has 0 aliphatic heterocycles. The van der Waals surface area contributed by atoms with Gasteiger partial charge in [-0.1, -0.05) is 13.0 Å². The van der Waals surface area contributed by atoms with Crippen LogP contribution in [0.4, 0.5) is 5.69 Å². The van der Waals surface area contributed by atoms with Crippen molar-refractivity contribution in [1.29, 1.82) is 0 Å². The number of benzene rings is 1. The molecular formula is C19H23NO4. The van der Waals surface area contributed by atoms with Gasteiger partial charge in [0.05, 0.1) is 12.0 Å². The van der Waals surface area contributed by atoms with Crippen molar-refractivity contribution in [3.05, 3.63) is 33.4 Å². The predicted molar refractivity (Wildman–Crippen MR) is 89.3 cm³/mol. The van der Waals surface area contributed by atoms with Crippen LogP contribution in [0.5, 0.6) is 5.75 Å². The highest BCUT2D eigenvalue weighted by molar-refractivity contribution is 5.87. The molecule has 128 valence electrons. The molecule has 3 aliphatic rings. The third-order valence-corrected chi connectivity index (χ3v) is 6.96. The van der Waals surface area contributed by atoms with Crippen LogP contribution in [0.25, 0.3) is 0 Å². The molecule has 0 unspecified atom stereocenters. The minimum Gasteiger partial charge on any atom is -0.490 e. The second kappa shape index (κ2) is 5.30. The van der Waals surface area contributed by atoms with E-state index >= 15 is 0 Å². The maximum absolute atomic E-state index is 12.4. The summed E-state index contributed by atoms with van der Waals surface area (Å²) in [5.74, 6) is 2.06. The number of rotatable bonds is 2. The Morgan fingerprint density at radius 2 is 2.04 bits per heavy atom. The summed E-state index contributed by atoms with van der Waals surface area (Å²) in [6, 6.07) is 3.77. The number of ether oxygens (including phenoxy) is 1. The molecule has 4 rings (SSSR count). The van der Waals surface area contributed by atoms with Crippen molar-refractivity contribution in [2.24, 2.45) is 17.3 Å². The molecule has 0 N–H and O–H groups in total. The van der Waals surface area contributed by atoms with Crippen LogP contribution in [-0.2, 0) is 11.2 Å². The smallest absolute Gasteiger partial charge is 0.314 e. The summed E-state index contributed by atoms with van der Waals surface area (Å²) in [5, 5.41) is 11.6. The second-order valence-corrected chi connectivity index (χ2v) is 7.77. The lowest BCUT2D eigenvalue weighted by Crippen LogP contribution is -2.42. The Labute approximate surface area is 141 Å². The maximum atomic E-state index is 12.4. The topological polar surface area (TPSA) is 69.4 Å². The van der Waals surface area contributed by atoms with Crippen LogP contribution in [0, 0.1) is 27.4 Å². The molecule has 0 heterocycles. The van der Waals surface area contributed by atoms with Crippen molar-refractivity contribution in [3.63, 3.8) is 0 Å². The van der Waals surface area contributed by atoms with E-state index in [4.69, 9.17) is 4.74 Å². The van der Waals surface area contributed by atoms with Gasteiger partial charge in [-0.2, -0.15) is 0 Å². The van der Waals surface area contributed by atoms with E-state index < -0.39 is 0 Å². The average molecular weight is 329 g/mol. The quantitative estimate of drug-likeness (QED) is 0.607. The normalized spacial score (nSPS) is 34.2. The number of methoxy groups -OCH3 is 1. The zero-order valence-corrected chi connectivity index (χ0v) is 14.2. The van der Waals surface area contributed by atoms with Gasteiger partial charge in [-0.3, -0.25) is 14.9 Å². The fourth-order valence-electron chi connectivity index (χ4n) is 5.76. The molecule has 0 amide bonds. The van der Waals surface area contributed by atoms with E-state index in [1.54, 1.807) is 6.07 Å². The summed E-state index contributed by atoms with van der Waals surface area (Å²) in [6.07, 6.45) is 5.23. The molecule has 0 saturated heterocycles. The largest absolute Gasteiger partial charge is 0.490 e. The van der Waals surface area contributed by atoms with Gasteiger partial charge in [-0.15, -0.1) is 0 Å². The van der Waals surface area contributed by atoms with Gasteiger partial charge in [0.2, 0.25) is 0 Å². The third-order valence-electron chi connectivity index (χ3n) is 6.96. The molecule has 2 saturated carbocycles. The lowest BCUT2D eigenvalue weighted by Gasteiger charge is -2.48. The molecule has 0 radical (unpaired) electrons. The Kier molecular flexibility index (Phi) is 3.44. The standard InChI is InChI=1S/C19H23NO4/c1-19-10-9-12-11-5-7-16(24-2)18(20(22)23)14(11)4-3-13(12)15(19)6-8-17(19)21/h5,7,12-13,15H,3-4,6,8-10H2,1-2H3/t12-,13+,15+,19-/m1/s1. The van der Waals surface area contributed by atoms with Crippen LogP contribution in [0.3, 0.4) is 0 Å². The first-order chi connectivity index (χ1) is 11.5. The molecule has 2 fully saturated rings. The zero-order valence-electron chi connectivity index (χ0n) is 14.2. The Hall–Kier alpha value is -1.91. The molecular weight excluding hydrogens is 306 g/mol. The molecule has 5 heteroatoms. The number of nitro groups is 1. The van der Waals surface area contributed by atoms with E-state index in [1.807, 2.05) is 6.07 Å². The number of carbonyl (C=O) groups excluding carboxylic acids is 1. The molecule has 0 aromatic heterocycles. The van der Waals surface area contributed by atoms with E-state index in [0.29, 0.717) is 42.1 Å². The fourth-order valence-corrected chi connectivity index (χ4v) is 5.76. The Morgan fingerprint density at radius 3 is 2.75 bits per heavy atom. The predicted octanol–water partition coefficient (Wildman–Crippen LogP) is 4.03. The minimum absolute atomic E-state index is 0.143. The van der Waals surface area contributed by atoms with Crippen LogP contribution < -0.4 is 4.74 Å². The minimum atomic E-state index is -0.302. The van der Waals surface area contributed by atoms with E-state index in [9.17, 15) is 14.9 Å². The summed E-state index contributed by atoms with van der Waals surface area (Å²) in [4.78, 5) is 23.6. The first-order valence-electron chi connectivity index (χ1n) is 8.85. The van der Waals surface area contributed by atoms with Crippen LogP contribution >= 0.6 is 0 Å². The van der Waals surface area contributed by atoms with E-state index in [1.165, 1.54) is 7.11 Å². The number of nitrogens with zero attached hydrogens (tertiary/aromatic N) is 1. The Balaban J connectivity index is 1.77. The first-order valence-corrected chi connectivity index (χ1v) is 8.85. The highest BCUT2D eigenvalue weighted by atomic mass is 16.6. The van der Waals surface area contributed by atoms with E-state index in [0.717, 1.165) is 36.8 Å². The molecule has 1 aromatic carbocycles. The number of fused-ring (bicyclic) bond motifs is 5. The number of Topliss-reactive ketones (excluding diaryl/α,β-unsaturated/α-hetero) is 1. The van der Waals surface area contributed by atoms with Gasteiger partial charge in [-0.25, -0.2) is 0 Å². The summed E-state index contributed by atoms with van der Waals surface area (Å²) >= 11 is 0. The first kappa shape index (κ1) is 15.6. The number of ketones is 1. The summed E-state index contributed by atoms with van der Waals surface area (Å²) < 4.78 is 5.22. The molecule has 1 aromatic rings. The second-order valence-electron chi connectivity index (χ2n) is 7.77. The number of hydrogen-bond donors (Lipinski definition) is 0. The van der Waals surface area contributed by atoms with Gasteiger partial charge in [0.25, 0.3) is 0 Å². The van der Waals surface area contributed by atoms with Crippen molar-refractivity contribution in [2.75, 3.05) is 7.11 Å². The van der Waals surface area contributed by atoms with Crippen molar-refractivity contribution in [3.8, 4) is 5.75 Å². The van der Waals surface area contributed by atoms with Crippen molar-refractivity contribution in [1.82, 2.24) is 0 Å². The molecule has 0 spiro atoms. The van der Waals surface area contributed by atoms with Crippen molar-refractivity contribution in [2.45, 2.75) is 51.4 Å². The SMILES string of the molecule is COc1ccc2c(c1[N+](=O)[O-])CC[C@H]1[C@@H]2CC[C@@]2(C)C(=O)CC[C@@H]12. The van der Waals surface area contributed by atoms with Gasteiger partial charge in [-0.05, 0) is 61.5 Å². The maximum Gasteiger partial charge on any atom is 0.314 e. The molecule has 4 atom stereocenters. The van der Waals surface area contributed by atoms with Gasteiger partial charge < -0.3 is 4.74 Å². The molecule has 24 heavy (non-hydrogen) atoms. The fraction of sp³-hybridized carbons (Fsp3) is 0.632. The van der Waals surface area contributed by atoms with Crippen LogP contribution in [0.15, 0.2) is 12.1 Å². The van der Waals surface area contributed by atoms with E-state index in [2.05, 4.69) is 6.92 Å². The summed E-state index contributed by atoms with van der Waals surface area (Å²) in [5.41, 5.74) is 1.97. The monoisotopic (exact) mass is 329 g/mol. The number of carbonyl (C=O) groups is 1. The summed E-state index contributed by atoms with van der Waals surface area (Å²) in [7, 11) is 1.48. The molecule has 0 bridgehead atoms. The lowest BCUT2D eigenvalue weighted by atomic mass is 9.55. The number of hydrogen-bond acceptors (Lipinski definition) is 4. The lowest BCUT2D eigenvalue weighted by molar-refractivity contribution is -0.386. The van der Waals surface area contributed by atoms with Crippen LogP contribution in [-0.4, -0.2) is 17.8 Å². The summed E-state index contributed by atoms with van der Waals surface area (Å²) in [6.45, 7) is 2.15. The number of nitro benzene ring substituents is 1. The highest BCUT2D eigenvalue weighted by Gasteiger charge is 2.55. The van der Waals surface area contributed by atoms with E-state index in [-0.39, 0.29) is 16.0 Å². The van der Waals surface area contributed by atoms with Gasteiger partial charge in [0, 0.05) is 17.4 Å². The molecule has 3 aliphatic carbocycles. The zero-order chi connectivity index (χ0) is 17.1. The van der Waals surface area contributed by atoms with Crippen LogP contribution in [0.1, 0.15) is 56.1 Å². The average Bonchev–Trinajstić information content (AvgIpc) is 2.88. The van der Waals surface area contributed by atoms with Gasteiger partial charge in [0.1, 0.15) is 5.78 Å². The Bertz CT molecular complexity index is 728. The third kappa shape index (κ3) is 1.96. The molecule has 5 nitrogen and oxygen atoms in total. The van der Waals surface area contributed by atoms with Gasteiger partial charge >= 0.3 is 5.69 Å². The van der Waals surface area contributed by atoms with Crippen molar-refractivity contribution < 1.29 is 14.5 Å². The van der Waals surface area contributed by atoms with Gasteiger partial charge in [0.15, 0.2) is 5.75 Å². The highest BCUT2D eigenvalue weighted by Crippen LogP contribution is 2.60.